The van der Waals surface area contributed by atoms with Gasteiger partial charge in [0.25, 0.3) is 0 Å². The maximum Gasteiger partial charge on any atom is 0.0986 e. The van der Waals surface area contributed by atoms with Gasteiger partial charge in [-0.15, -0.1) is 0 Å². The molecule has 5 rings (SSSR count). The van der Waals surface area contributed by atoms with Crippen molar-refractivity contribution in [2.45, 2.75) is 6.42 Å². The number of halogens is 1. The fraction of sp³-hybridized carbons (Fsp3) is 0.0500. The van der Waals surface area contributed by atoms with Gasteiger partial charge in [0.15, 0.2) is 0 Å². The number of nitrogens with zero attached hydrogens (tertiary/aromatic N) is 3. The third-order valence-corrected chi connectivity index (χ3v) is 5.17. The molecule has 2 aromatic heterocycles. The molecule has 2 aromatic carbocycles. The fourth-order valence-electron chi connectivity index (χ4n) is 3.41. The Bertz CT molecular complexity index is 1150. The van der Waals surface area contributed by atoms with Crippen molar-refractivity contribution in [2.24, 2.45) is 4.99 Å². The van der Waals surface area contributed by atoms with Gasteiger partial charge in [-0.05, 0) is 29.8 Å². The molecule has 3 nitrogen and oxygen atoms in total. The van der Waals surface area contributed by atoms with E-state index in [-0.39, 0.29) is 0 Å². The zero-order valence-electron chi connectivity index (χ0n) is 12.7. The van der Waals surface area contributed by atoms with Crippen LogP contribution in [0.5, 0.6) is 0 Å². The summed E-state index contributed by atoms with van der Waals surface area (Å²) in [5.41, 5.74) is 6.37. The Kier molecular flexibility index (Phi) is 3.00. The van der Waals surface area contributed by atoms with Gasteiger partial charge in [-0.25, -0.2) is 0 Å². The fourth-order valence-corrected chi connectivity index (χ4v) is 3.93. The molecule has 3 heterocycles. The number of hydrogen-bond acceptors (Lipinski definition) is 3. The Hall–Kier alpha value is -2.59. The molecule has 0 amide bonds. The van der Waals surface area contributed by atoms with Gasteiger partial charge in [0.1, 0.15) is 0 Å². The molecule has 114 valence electrons. The first-order valence-electron chi connectivity index (χ1n) is 7.79. The lowest BCUT2D eigenvalue weighted by molar-refractivity contribution is 1.35. The number of pyridine rings is 2. The lowest BCUT2D eigenvalue weighted by atomic mass is 9.98. The second-order valence-corrected chi connectivity index (χ2v) is 6.70. The largest absolute Gasteiger partial charge is 0.254 e. The van der Waals surface area contributed by atoms with Crippen molar-refractivity contribution in [2.75, 3.05) is 0 Å². The summed E-state index contributed by atoms with van der Waals surface area (Å²) < 4.78 is 1.07. The van der Waals surface area contributed by atoms with Crippen LogP contribution >= 0.6 is 15.9 Å². The van der Waals surface area contributed by atoms with Crippen molar-refractivity contribution < 1.29 is 0 Å². The van der Waals surface area contributed by atoms with Crippen LogP contribution in [-0.4, -0.2) is 15.7 Å². The summed E-state index contributed by atoms with van der Waals surface area (Å²) in [4.78, 5) is 14.1. The molecule has 0 saturated carbocycles. The lowest BCUT2D eigenvalue weighted by Crippen LogP contribution is -2.01. The zero-order valence-corrected chi connectivity index (χ0v) is 14.3. The first-order valence-corrected chi connectivity index (χ1v) is 8.59. The number of aliphatic imine (C=N–C) groups is 1. The number of aromatic nitrogens is 2. The van der Waals surface area contributed by atoms with E-state index in [1.54, 1.807) is 0 Å². The molecule has 1 aliphatic heterocycles. The minimum atomic E-state index is 0.810. The summed E-state index contributed by atoms with van der Waals surface area (Å²) in [6, 6.07) is 16.4. The summed E-state index contributed by atoms with van der Waals surface area (Å²) in [5, 5.41) is 2.21. The standard InChI is InChI=1S/C20H12BrN3/c21-16-8-2-1-5-13(16)17-11-15-12-6-3-9-22-19(12)20-14(18(15)24-17)7-4-10-23-20/h1-10H,11H2. The van der Waals surface area contributed by atoms with E-state index in [1.165, 1.54) is 5.56 Å². The van der Waals surface area contributed by atoms with E-state index in [4.69, 9.17) is 4.99 Å². The summed E-state index contributed by atoms with van der Waals surface area (Å²) >= 11 is 3.65. The third-order valence-electron chi connectivity index (χ3n) is 4.48. The van der Waals surface area contributed by atoms with Gasteiger partial charge in [0.2, 0.25) is 0 Å². The number of rotatable bonds is 1. The van der Waals surface area contributed by atoms with Crippen LogP contribution in [0.4, 0.5) is 5.69 Å². The zero-order chi connectivity index (χ0) is 16.1. The van der Waals surface area contributed by atoms with Crippen molar-refractivity contribution in [1.29, 1.82) is 0 Å². The molecule has 0 radical (unpaired) electrons. The Balaban J connectivity index is 1.85. The Morgan fingerprint density at radius 2 is 1.50 bits per heavy atom. The van der Waals surface area contributed by atoms with Crippen LogP contribution < -0.4 is 0 Å². The first-order chi connectivity index (χ1) is 11.8. The van der Waals surface area contributed by atoms with E-state index in [2.05, 4.69) is 50.2 Å². The van der Waals surface area contributed by atoms with E-state index in [0.29, 0.717) is 0 Å². The Morgan fingerprint density at radius 1 is 0.792 bits per heavy atom. The third kappa shape index (κ3) is 1.93. The number of hydrogen-bond donors (Lipinski definition) is 0. The van der Waals surface area contributed by atoms with E-state index in [9.17, 15) is 0 Å². The predicted octanol–water partition coefficient (Wildman–Crippen LogP) is 5.22. The minimum Gasteiger partial charge on any atom is -0.254 e. The van der Waals surface area contributed by atoms with Crippen LogP contribution in [-0.2, 0) is 6.42 Å². The van der Waals surface area contributed by atoms with Crippen LogP contribution in [0.15, 0.2) is 70.4 Å². The maximum atomic E-state index is 4.98. The summed E-state index contributed by atoms with van der Waals surface area (Å²) in [6.07, 6.45) is 4.45. The summed E-state index contributed by atoms with van der Waals surface area (Å²) in [5.74, 6) is 0. The van der Waals surface area contributed by atoms with E-state index < -0.39 is 0 Å². The predicted molar refractivity (Wildman–Crippen MR) is 101 cm³/mol. The molecule has 24 heavy (non-hydrogen) atoms. The maximum absolute atomic E-state index is 4.98. The van der Waals surface area contributed by atoms with Crippen LogP contribution in [0.1, 0.15) is 11.1 Å². The van der Waals surface area contributed by atoms with Crippen LogP contribution in [0, 0.1) is 0 Å². The normalized spacial score (nSPS) is 13.3. The monoisotopic (exact) mass is 373 g/mol. The van der Waals surface area contributed by atoms with Gasteiger partial charge in [0, 0.05) is 39.6 Å². The average molecular weight is 374 g/mol. The van der Waals surface area contributed by atoms with Gasteiger partial charge in [-0.3, -0.25) is 15.0 Å². The molecular weight excluding hydrogens is 362 g/mol. The number of benzene rings is 2. The second-order valence-electron chi connectivity index (χ2n) is 5.84. The molecule has 4 heteroatoms. The molecule has 0 fully saturated rings. The van der Waals surface area contributed by atoms with Crippen LogP contribution in [0.3, 0.4) is 0 Å². The van der Waals surface area contributed by atoms with Gasteiger partial charge in [0.05, 0.1) is 22.4 Å². The van der Waals surface area contributed by atoms with Gasteiger partial charge in [-0.1, -0.05) is 40.2 Å². The van der Waals surface area contributed by atoms with E-state index in [0.717, 1.165) is 49.7 Å². The smallest absolute Gasteiger partial charge is 0.0986 e. The molecule has 0 saturated heterocycles. The highest BCUT2D eigenvalue weighted by molar-refractivity contribution is 9.10. The second kappa shape index (κ2) is 5.21. The number of fused-ring (bicyclic) bond motifs is 6. The van der Waals surface area contributed by atoms with Crippen LogP contribution in [0.2, 0.25) is 0 Å². The summed E-state index contributed by atoms with van der Waals surface area (Å²) in [7, 11) is 0. The highest BCUT2D eigenvalue weighted by Gasteiger charge is 2.23. The van der Waals surface area contributed by atoms with Crippen molar-refractivity contribution in [3.05, 3.63) is 76.5 Å². The molecule has 0 unspecified atom stereocenters. The van der Waals surface area contributed by atoms with Crippen molar-refractivity contribution in [3.8, 4) is 0 Å². The van der Waals surface area contributed by atoms with Crippen molar-refractivity contribution in [3.63, 3.8) is 0 Å². The Labute approximate surface area is 147 Å². The van der Waals surface area contributed by atoms with Crippen molar-refractivity contribution in [1.82, 2.24) is 9.97 Å². The molecule has 0 bridgehead atoms. The molecule has 0 aliphatic carbocycles. The quantitative estimate of drug-likeness (QED) is 0.429. The topological polar surface area (TPSA) is 38.1 Å². The molecule has 4 aromatic rings. The molecule has 0 N–H and O–H groups in total. The van der Waals surface area contributed by atoms with E-state index in [1.807, 2.05) is 36.7 Å². The van der Waals surface area contributed by atoms with Gasteiger partial charge < -0.3 is 0 Å². The molecular formula is C20H12BrN3. The van der Waals surface area contributed by atoms with Crippen molar-refractivity contribution >= 4 is 49.1 Å². The molecule has 0 atom stereocenters. The first kappa shape index (κ1) is 13.8. The molecule has 0 spiro atoms. The summed E-state index contributed by atoms with van der Waals surface area (Å²) in [6.45, 7) is 0. The van der Waals surface area contributed by atoms with E-state index >= 15 is 0 Å². The highest BCUT2D eigenvalue weighted by Crippen LogP contribution is 2.41. The van der Waals surface area contributed by atoms with Gasteiger partial charge >= 0.3 is 0 Å². The van der Waals surface area contributed by atoms with Crippen LogP contribution in [0.25, 0.3) is 21.8 Å². The molecule has 1 aliphatic rings. The highest BCUT2D eigenvalue weighted by atomic mass is 79.9. The minimum absolute atomic E-state index is 0.810. The lowest BCUT2D eigenvalue weighted by Gasteiger charge is -2.08. The van der Waals surface area contributed by atoms with Gasteiger partial charge in [-0.2, -0.15) is 0 Å². The SMILES string of the molecule is Brc1ccccc1C1=Nc2c(c3cccnc3c3ncccc23)C1. The average Bonchev–Trinajstić information content (AvgIpc) is 3.08. The Morgan fingerprint density at radius 3 is 2.29 bits per heavy atom.